The minimum Gasteiger partial charge on any atom is -0.366 e. The van der Waals surface area contributed by atoms with Crippen molar-refractivity contribution in [1.82, 2.24) is 25.3 Å². The Morgan fingerprint density at radius 3 is 2.30 bits per heavy atom. The summed E-state index contributed by atoms with van der Waals surface area (Å²) < 4.78 is 0. The van der Waals surface area contributed by atoms with Gasteiger partial charge in [-0.3, -0.25) is 25.1 Å². The van der Waals surface area contributed by atoms with E-state index in [1.54, 1.807) is 6.07 Å². The number of hydrazine groups is 1. The van der Waals surface area contributed by atoms with E-state index in [-0.39, 0.29) is 41.0 Å². The van der Waals surface area contributed by atoms with Crippen LogP contribution >= 0.6 is 0 Å². The lowest BCUT2D eigenvalue weighted by Crippen LogP contribution is -2.46. The van der Waals surface area contributed by atoms with Crippen molar-refractivity contribution in [3.63, 3.8) is 0 Å². The number of rotatable bonds is 11. The first-order valence-corrected chi connectivity index (χ1v) is 16.1. The number of benzene rings is 2. The average Bonchev–Trinajstić information content (AvgIpc) is 3.03. The normalized spacial score (nSPS) is 16.5. The quantitative estimate of drug-likeness (QED) is 0.169. The molecular weight excluding hydrogens is 600 g/mol. The lowest BCUT2D eigenvalue weighted by Gasteiger charge is -2.39. The van der Waals surface area contributed by atoms with Crippen LogP contribution in [-0.4, -0.2) is 81.9 Å². The minimum absolute atomic E-state index is 0.0613. The molecular formula is C33H44N10O4. The van der Waals surface area contributed by atoms with Crippen molar-refractivity contribution in [1.29, 1.82) is 0 Å². The van der Waals surface area contributed by atoms with Crippen molar-refractivity contribution >= 4 is 46.3 Å². The number of primary amides is 1. The topological polar surface area (TPSA) is 175 Å². The molecule has 3 heterocycles. The first kappa shape index (κ1) is 33.5. The van der Waals surface area contributed by atoms with E-state index in [0.717, 1.165) is 69.4 Å². The van der Waals surface area contributed by atoms with E-state index in [4.69, 9.17) is 5.73 Å². The lowest BCUT2D eigenvalue weighted by molar-refractivity contribution is -0.384. The molecule has 5 rings (SSSR count). The summed E-state index contributed by atoms with van der Waals surface area (Å²) >= 11 is 0. The van der Waals surface area contributed by atoms with Gasteiger partial charge in [-0.15, -0.1) is 0 Å². The van der Waals surface area contributed by atoms with Crippen molar-refractivity contribution in [3.8, 4) is 0 Å². The van der Waals surface area contributed by atoms with E-state index in [0.29, 0.717) is 17.2 Å². The Kier molecular flexibility index (Phi) is 10.5. The van der Waals surface area contributed by atoms with Gasteiger partial charge in [-0.05, 0) is 108 Å². The number of likely N-dealkylation sites (tertiary alicyclic amines) is 1. The predicted molar refractivity (Wildman–Crippen MR) is 182 cm³/mol. The fourth-order valence-electron chi connectivity index (χ4n) is 6.00. The van der Waals surface area contributed by atoms with Crippen molar-refractivity contribution in [2.75, 3.05) is 48.8 Å². The number of nitrogens with zero attached hydrogens (tertiary/aromatic N) is 6. The van der Waals surface area contributed by atoms with Gasteiger partial charge in [0.15, 0.2) is 0 Å². The summed E-state index contributed by atoms with van der Waals surface area (Å²) in [5.41, 5.74) is 11.4. The first-order valence-electron chi connectivity index (χ1n) is 16.1. The molecule has 0 unspecified atom stereocenters. The molecule has 2 saturated heterocycles. The smallest absolute Gasteiger partial charge is 0.329 e. The molecule has 0 aliphatic carbocycles. The van der Waals surface area contributed by atoms with Crippen LogP contribution < -0.4 is 26.7 Å². The molecule has 0 spiro atoms. The predicted octanol–water partition coefficient (Wildman–Crippen LogP) is 4.66. The van der Waals surface area contributed by atoms with Crippen LogP contribution in [0.4, 0.5) is 34.5 Å². The summed E-state index contributed by atoms with van der Waals surface area (Å²) in [6, 6.07) is 12.9. The number of piperidine rings is 2. The number of anilines is 5. The largest absolute Gasteiger partial charge is 0.366 e. The van der Waals surface area contributed by atoms with Crippen LogP contribution in [0.3, 0.4) is 0 Å². The third-order valence-electron chi connectivity index (χ3n) is 8.69. The molecule has 2 fully saturated rings. The van der Waals surface area contributed by atoms with E-state index < -0.39 is 10.8 Å². The number of carbonyl (C=O) groups is 2. The number of nitro groups is 1. The van der Waals surface area contributed by atoms with Crippen LogP contribution in [0.15, 0.2) is 48.7 Å². The Labute approximate surface area is 274 Å². The third kappa shape index (κ3) is 8.32. The molecule has 250 valence electrons. The van der Waals surface area contributed by atoms with Crippen LogP contribution in [-0.2, 0) is 0 Å². The average molecular weight is 645 g/mol. The molecule has 0 saturated carbocycles. The Bertz CT molecular complexity index is 1580. The molecule has 3 aromatic rings. The zero-order valence-corrected chi connectivity index (χ0v) is 27.4. The van der Waals surface area contributed by atoms with Gasteiger partial charge in [0.1, 0.15) is 6.20 Å². The SMILES string of the molecule is CC1CCN(NC(=O)c2ccc(N(c3ccc(C(N)=O)c(Nc4ncc([N+](=O)[O-])c(NC(C)C)n4)c3)C3CCN(C)CC3)cc2)CC1. The van der Waals surface area contributed by atoms with Gasteiger partial charge in [0.05, 0.1) is 16.2 Å². The molecule has 2 aliphatic rings. The monoisotopic (exact) mass is 644 g/mol. The van der Waals surface area contributed by atoms with Crippen molar-refractivity contribution in [3.05, 3.63) is 69.9 Å². The number of aromatic nitrogens is 2. The molecule has 14 nitrogen and oxygen atoms in total. The molecule has 0 radical (unpaired) electrons. The second-order valence-corrected chi connectivity index (χ2v) is 12.8. The maximum atomic E-state index is 13.1. The number of amides is 2. The Balaban J connectivity index is 1.46. The van der Waals surface area contributed by atoms with Crippen LogP contribution in [0.5, 0.6) is 0 Å². The first-order chi connectivity index (χ1) is 22.5. The number of hydrogen-bond donors (Lipinski definition) is 4. The molecule has 2 amide bonds. The summed E-state index contributed by atoms with van der Waals surface area (Å²) in [6.07, 6.45) is 5.05. The summed E-state index contributed by atoms with van der Waals surface area (Å²) in [6.45, 7) is 9.45. The molecule has 2 aromatic carbocycles. The van der Waals surface area contributed by atoms with Gasteiger partial charge < -0.3 is 26.2 Å². The highest BCUT2D eigenvalue weighted by atomic mass is 16.6. The van der Waals surface area contributed by atoms with Crippen molar-refractivity contribution in [2.45, 2.75) is 58.5 Å². The van der Waals surface area contributed by atoms with Gasteiger partial charge >= 0.3 is 5.69 Å². The number of hydrogen-bond acceptors (Lipinski definition) is 11. The van der Waals surface area contributed by atoms with Crippen LogP contribution in [0, 0.1) is 16.0 Å². The van der Waals surface area contributed by atoms with Crippen LogP contribution in [0.2, 0.25) is 0 Å². The molecule has 47 heavy (non-hydrogen) atoms. The van der Waals surface area contributed by atoms with Gasteiger partial charge in [-0.2, -0.15) is 4.98 Å². The van der Waals surface area contributed by atoms with E-state index >= 15 is 0 Å². The highest BCUT2D eigenvalue weighted by Crippen LogP contribution is 2.36. The second-order valence-electron chi connectivity index (χ2n) is 12.8. The number of nitrogens with two attached hydrogens (primary N) is 1. The summed E-state index contributed by atoms with van der Waals surface area (Å²) in [5, 5.41) is 19.6. The Morgan fingerprint density at radius 2 is 1.68 bits per heavy atom. The van der Waals surface area contributed by atoms with Gasteiger partial charge in [-0.1, -0.05) is 6.92 Å². The van der Waals surface area contributed by atoms with Crippen molar-refractivity contribution in [2.24, 2.45) is 11.7 Å². The molecule has 5 N–H and O–H groups in total. The lowest BCUT2D eigenvalue weighted by atomic mass is 10.00. The van der Waals surface area contributed by atoms with Gasteiger partial charge in [0, 0.05) is 42.1 Å². The molecule has 2 aliphatic heterocycles. The van der Waals surface area contributed by atoms with Crippen molar-refractivity contribution < 1.29 is 14.5 Å². The highest BCUT2D eigenvalue weighted by molar-refractivity contribution is 6.00. The third-order valence-corrected chi connectivity index (χ3v) is 8.69. The summed E-state index contributed by atoms with van der Waals surface area (Å²) in [5.74, 6) is 0.0188. The van der Waals surface area contributed by atoms with Gasteiger partial charge in [0.2, 0.25) is 11.8 Å². The molecule has 0 atom stereocenters. The maximum Gasteiger partial charge on any atom is 0.329 e. The minimum atomic E-state index is -0.647. The molecule has 0 bridgehead atoms. The van der Waals surface area contributed by atoms with Gasteiger partial charge in [0.25, 0.3) is 11.8 Å². The summed E-state index contributed by atoms with van der Waals surface area (Å²) in [4.78, 5) is 49.6. The van der Waals surface area contributed by atoms with E-state index in [2.05, 4.69) is 49.8 Å². The number of carbonyl (C=O) groups excluding carboxylic acids is 2. The fourth-order valence-corrected chi connectivity index (χ4v) is 6.00. The molecule has 14 heteroatoms. The Hall–Kier alpha value is -4.82. The maximum absolute atomic E-state index is 13.1. The Morgan fingerprint density at radius 1 is 1.02 bits per heavy atom. The van der Waals surface area contributed by atoms with Crippen LogP contribution in [0.1, 0.15) is 67.2 Å². The van der Waals surface area contributed by atoms with E-state index in [1.807, 2.05) is 55.3 Å². The number of nitrogens with one attached hydrogen (secondary N) is 3. The highest BCUT2D eigenvalue weighted by Gasteiger charge is 2.27. The van der Waals surface area contributed by atoms with Crippen LogP contribution in [0.25, 0.3) is 0 Å². The molecule has 1 aromatic heterocycles. The standard InChI is InChI=1S/C33H44N10O4/c1-21(2)36-31-29(43(46)47)20-35-33(38-31)37-28-19-26(9-10-27(28)30(34)44)42(25-13-15-40(4)16-14-25)24-7-5-23(6-8-24)32(45)39-41-17-11-22(3)12-18-41/h5-10,19-22,25H,11-18H2,1-4H3,(H2,34,44)(H,39,45)(H2,35,36,37,38). The zero-order chi connectivity index (χ0) is 33.7. The van der Waals surface area contributed by atoms with E-state index in [9.17, 15) is 19.7 Å². The zero-order valence-electron chi connectivity index (χ0n) is 27.4. The fraction of sp³-hybridized carbons (Fsp3) is 0.455. The van der Waals surface area contributed by atoms with Gasteiger partial charge in [-0.25, -0.2) is 9.99 Å². The second kappa shape index (κ2) is 14.7. The van der Waals surface area contributed by atoms with E-state index in [1.165, 1.54) is 0 Å². The summed E-state index contributed by atoms with van der Waals surface area (Å²) in [7, 11) is 2.10.